The molecule has 0 unspecified atom stereocenters. The van der Waals surface area contributed by atoms with Crippen LogP contribution in [0.2, 0.25) is 5.02 Å². The van der Waals surface area contributed by atoms with E-state index in [1.165, 1.54) is 12.4 Å². The molecular formula is C19H17ClN4O. The standard InChI is InChI=1S/C19H17ClN4O/c1-2-13-6-3-4-9-17(13)24-18(25)14-11-21-19(22-12-14)23-16-8-5-7-15(20)10-16/h3-12H,2H2,1H3,(H,24,25)(H,21,22,23). The first-order valence-corrected chi connectivity index (χ1v) is 8.27. The molecule has 0 aliphatic heterocycles. The Morgan fingerprint density at radius 1 is 1.08 bits per heavy atom. The molecule has 1 amide bonds. The van der Waals surface area contributed by atoms with Gasteiger partial charge in [-0.2, -0.15) is 0 Å². The molecule has 0 radical (unpaired) electrons. The zero-order valence-electron chi connectivity index (χ0n) is 13.7. The summed E-state index contributed by atoms with van der Waals surface area (Å²) in [6.07, 6.45) is 3.82. The molecule has 6 heteroatoms. The van der Waals surface area contributed by atoms with E-state index in [1.54, 1.807) is 12.1 Å². The van der Waals surface area contributed by atoms with Crippen LogP contribution in [-0.4, -0.2) is 15.9 Å². The molecule has 1 aromatic heterocycles. The van der Waals surface area contributed by atoms with E-state index < -0.39 is 0 Å². The van der Waals surface area contributed by atoms with Crippen LogP contribution in [0.4, 0.5) is 17.3 Å². The number of hydrogen-bond donors (Lipinski definition) is 2. The molecule has 3 rings (SSSR count). The highest BCUT2D eigenvalue weighted by molar-refractivity contribution is 6.30. The molecule has 0 atom stereocenters. The summed E-state index contributed by atoms with van der Waals surface area (Å²) in [7, 11) is 0. The van der Waals surface area contributed by atoms with Crippen LogP contribution in [0.25, 0.3) is 0 Å². The highest BCUT2D eigenvalue weighted by Gasteiger charge is 2.10. The van der Waals surface area contributed by atoms with Gasteiger partial charge in [0.2, 0.25) is 5.95 Å². The molecule has 0 aliphatic rings. The first kappa shape index (κ1) is 16.9. The SMILES string of the molecule is CCc1ccccc1NC(=O)c1cnc(Nc2cccc(Cl)c2)nc1. The molecule has 0 saturated heterocycles. The van der Waals surface area contributed by atoms with E-state index in [0.29, 0.717) is 16.5 Å². The second kappa shape index (κ2) is 7.77. The van der Waals surface area contributed by atoms with Gasteiger partial charge in [0.05, 0.1) is 5.56 Å². The number of carbonyl (C=O) groups excluding carboxylic acids is 1. The van der Waals surface area contributed by atoms with E-state index in [0.717, 1.165) is 23.4 Å². The Morgan fingerprint density at radius 3 is 2.56 bits per heavy atom. The van der Waals surface area contributed by atoms with Crippen LogP contribution in [0.3, 0.4) is 0 Å². The normalized spacial score (nSPS) is 10.3. The average molecular weight is 353 g/mol. The number of aryl methyl sites for hydroxylation is 1. The van der Waals surface area contributed by atoms with Crippen molar-refractivity contribution in [3.63, 3.8) is 0 Å². The summed E-state index contributed by atoms with van der Waals surface area (Å²) < 4.78 is 0. The summed E-state index contributed by atoms with van der Waals surface area (Å²) in [6, 6.07) is 15.0. The quantitative estimate of drug-likeness (QED) is 0.699. The third-order valence-electron chi connectivity index (χ3n) is 3.64. The van der Waals surface area contributed by atoms with Gasteiger partial charge in [-0.25, -0.2) is 9.97 Å². The fourth-order valence-electron chi connectivity index (χ4n) is 2.35. The van der Waals surface area contributed by atoms with Gasteiger partial charge in [0, 0.05) is 28.8 Å². The number of para-hydroxylation sites is 1. The van der Waals surface area contributed by atoms with Crippen molar-refractivity contribution in [2.45, 2.75) is 13.3 Å². The third-order valence-corrected chi connectivity index (χ3v) is 3.88. The molecule has 2 N–H and O–H groups in total. The topological polar surface area (TPSA) is 66.9 Å². The maximum Gasteiger partial charge on any atom is 0.258 e. The van der Waals surface area contributed by atoms with E-state index in [1.807, 2.05) is 43.3 Å². The van der Waals surface area contributed by atoms with E-state index in [9.17, 15) is 4.79 Å². The van der Waals surface area contributed by atoms with Crippen molar-refractivity contribution in [2.24, 2.45) is 0 Å². The van der Waals surface area contributed by atoms with Crippen molar-refractivity contribution in [2.75, 3.05) is 10.6 Å². The highest BCUT2D eigenvalue weighted by Crippen LogP contribution is 2.19. The van der Waals surface area contributed by atoms with Crippen molar-refractivity contribution in [1.29, 1.82) is 0 Å². The third kappa shape index (κ3) is 4.33. The van der Waals surface area contributed by atoms with Crippen molar-refractivity contribution in [1.82, 2.24) is 9.97 Å². The predicted molar refractivity (Wildman–Crippen MR) is 101 cm³/mol. The van der Waals surface area contributed by atoms with Crippen molar-refractivity contribution < 1.29 is 4.79 Å². The Balaban J connectivity index is 1.70. The van der Waals surface area contributed by atoms with Gasteiger partial charge in [-0.3, -0.25) is 4.79 Å². The molecule has 0 fully saturated rings. The average Bonchev–Trinajstić information content (AvgIpc) is 2.63. The highest BCUT2D eigenvalue weighted by atomic mass is 35.5. The fraction of sp³-hybridized carbons (Fsp3) is 0.105. The van der Waals surface area contributed by atoms with Gasteiger partial charge in [0.25, 0.3) is 5.91 Å². The molecule has 3 aromatic rings. The zero-order chi connectivity index (χ0) is 17.6. The maximum absolute atomic E-state index is 12.4. The van der Waals surface area contributed by atoms with Crippen LogP contribution in [0.1, 0.15) is 22.8 Å². The number of nitrogens with one attached hydrogen (secondary N) is 2. The number of amides is 1. The molecule has 0 bridgehead atoms. The Morgan fingerprint density at radius 2 is 1.84 bits per heavy atom. The zero-order valence-corrected chi connectivity index (χ0v) is 14.4. The summed E-state index contributed by atoms with van der Waals surface area (Å²) in [6.45, 7) is 2.05. The van der Waals surface area contributed by atoms with Crippen LogP contribution < -0.4 is 10.6 Å². The Kier molecular flexibility index (Phi) is 5.26. The minimum absolute atomic E-state index is 0.241. The van der Waals surface area contributed by atoms with Crippen LogP contribution >= 0.6 is 11.6 Å². The number of carbonyl (C=O) groups is 1. The number of rotatable bonds is 5. The van der Waals surface area contributed by atoms with E-state index >= 15 is 0 Å². The molecule has 1 heterocycles. The lowest BCUT2D eigenvalue weighted by Gasteiger charge is -2.10. The monoisotopic (exact) mass is 352 g/mol. The Labute approximate surface area is 151 Å². The summed E-state index contributed by atoms with van der Waals surface area (Å²) in [5, 5.41) is 6.56. The van der Waals surface area contributed by atoms with Gasteiger partial charge >= 0.3 is 0 Å². The summed E-state index contributed by atoms with van der Waals surface area (Å²) in [5.41, 5.74) is 3.05. The molecule has 25 heavy (non-hydrogen) atoms. The molecule has 126 valence electrons. The number of anilines is 3. The smallest absolute Gasteiger partial charge is 0.258 e. The largest absolute Gasteiger partial charge is 0.324 e. The van der Waals surface area contributed by atoms with Crippen molar-refractivity contribution in [3.05, 3.63) is 77.1 Å². The number of aromatic nitrogens is 2. The van der Waals surface area contributed by atoms with E-state index in [-0.39, 0.29) is 5.91 Å². The van der Waals surface area contributed by atoms with Crippen LogP contribution in [-0.2, 0) is 6.42 Å². The lowest BCUT2D eigenvalue weighted by Crippen LogP contribution is -2.14. The Bertz CT molecular complexity index is 881. The summed E-state index contributed by atoms with van der Waals surface area (Å²) in [5.74, 6) is 0.156. The van der Waals surface area contributed by atoms with Crippen LogP contribution in [0, 0.1) is 0 Å². The van der Waals surface area contributed by atoms with Gasteiger partial charge in [0.1, 0.15) is 0 Å². The first-order chi connectivity index (χ1) is 12.2. The molecule has 0 saturated carbocycles. The summed E-state index contributed by atoms with van der Waals surface area (Å²) >= 11 is 5.95. The molecular weight excluding hydrogens is 336 g/mol. The lowest BCUT2D eigenvalue weighted by atomic mass is 10.1. The molecule has 0 aliphatic carbocycles. The van der Waals surface area contributed by atoms with E-state index in [2.05, 4.69) is 20.6 Å². The second-order valence-electron chi connectivity index (χ2n) is 5.40. The van der Waals surface area contributed by atoms with Crippen molar-refractivity contribution in [3.8, 4) is 0 Å². The second-order valence-corrected chi connectivity index (χ2v) is 5.83. The van der Waals surface area contributed by atoms with Gasteiger partial charge < -0.3 is 10.6 Å². The number of halogens is 1. The number of hydrogen-bond acceptors (Lipinski definition) is 4. The number of nitrogens with zero attached hydrogens (tertiary/aromatic N) is 2. The minimum Gasteiger partial charge on any atom is -0.324 e. The number of benzene rings is 2. The molecule has 2 aromatic carbocycles. The fourth-order valence-corrected chi connectivity index (χ4v) is 2.54. The molecule has 5 nitrogen and oxygen atoms in total. The van der Waals surface area contributed by atoms with Crippen LogP contribution in [0.15, 0.2) is 60.9 Å². The lowest BCUT2D eigenvalue weighted by molar-refractivity contribution is 0.102. The predicted octanol–water partition coefficient (Wildman–Crippen LogP) is 4.69. The molecule has 0 spiro atoms. The minimum atomic E-state index is -0.241. The van der Waals surface area contributed by atoms with Gasteiger partial charge in [-0.05, 0) is 36.2 Å². The van der Waals surface area contributed by atoms with Crippen LogP contribution in [0.5, 0.6) is 0 Å². The van der Waals surface area contributed by atoms with E-state index in [4.69, 9.17) is 11.6 Å². The maximum atomic E-state index is 12.4. The summed E-state index contributed by atoms with van der Waals surface area (Å²) in [4.78, 5) is 20.7. The Hall–Kier alpha value is -2.92. The first-order valence-electron chi connectivity index (χ1n) is 7.89. The van der Waals surface area contributed by atoms with Crippen molar-refractivity contribution >= 4 is 34.8 Å². The van der Waals surface area contributed by atoms with Gasteiger partial charge in [0.15, 0.2) is 0 Å². The van der Waals surface area contributed by atoms with Gasteiger partial charge in [-0.1, -0.05) is 42.8 Å². The van der Waals surface area contributed by atoms with Gasteiger partial charge in [-0.15, -0.1) is 0 Å².